The van der Waals surface area contributed by atoms with E-state index in [2.05, 4.69) is 5.43 Å². The molecule has 0 aliphatic rings. The van der Waals surface area contributed by atoms with Crippen LogP contribution in [-0.2, 0) is 11.2 Å². The van der Waals surface area contributed by atoms with Crippen molar-refractivity contribution in [3.8, 4) is 0 Å². The Labute approximate surface area is 112 Å². The van der Waals surface area contributed by atoms with Crippen LogP contribution in [0.3, 0.4) is 0 Å². The van der Waals surface area contributed by atoms with E-state index in [0.29, 0.717) is 12.0 Å². The van der Waals surface area contributed by atoms with Gasteiger partial charge in [-0.1, -0.05) is 30.7 Å². The van der Waals surface area contributed by atoms with E-state index >= 15 is 0 Å². The highest BCUT2D eigenvalue weighted by Crippen LogP contribution is 2.25. The van der Waals surface area contributed by atoms with Crippen LogP contribution in [0.15, 0.2) is 18.2 Å². The van der Waals surface area contributed by atoms with Crippen molar-refractivity contribution in [3.63, 3.8) is 0 Å². The number of nitrogens with two attached hydrogens (primary N) is 1. The molecule has 0 spiro atoms. The smallest absolute Gasteiger partial charge is 0.145 e. The topological polar surface area (TPSA) is 47.3 Å². The maximum atomic E-state index is 13.9. The van der Waals surface area contributed by atoms with Crippen LogP contribution in [-0.4, -0.2) is 18.8 Å². The van der Waals surface area contributed by atoms with Crippen LogP contribution in [0.1, 0.15) is 25.8 Å². The largest absolute Gasteiger partial charge is 0.377 e. The molecule has 0 heterocycles. The predicted molar refractivity (Wildman–Crippen MR) is 71.9 cm³/mol. The standard InChI is InChI=1S/C13H20ClFN2O/c1-4-13(2,18-3)11(17-16)8-9-6-5-7-10(14)12(9)15/h5-7,11,17H,4,8,16H2,1-3H3. The third-order valence-electron chi connectivity index (χ3n) is 3.56. The molecule has 1 aromatic rings. The van der Waals surface area contributed by atoms with E-state index in [4.69, 9.17) is 22.2 Å². The molecule has 0 fully saturated rings. The zero-order valence-corrected chi connectivity index (χ0v) is 11.7. The van der Waals surface area contributed by atoms with Crippen molar-refractivity contribution in [1.82, 2.24) is 5.43 Å². The normalized spacial score (nSPS) is 16.3. The van der Waals surface area contributed by atoms with Gasteiger partial charge >= 0.3 is 0 Å². The number of nitrogens with one attached hydrogen (secondary N) is 1. The van der Waals surface area contributed by atoms with E-state index in [1.54, 1.807) is 19.2 Å². The average molecular weight is 275 g/mol. The molecule has 1 aromatic carbocycles. The van der Waals surface area contributed by atoms with Gasteiger partial charge in [0.25, 0.3) is 0 Å². The molecular weight excluding hydrogens is 255 g/mol. The van der Waals surface area contributed by atoms with E-state index in [1.165, 1.54) is 6.07 Å². The van der Waals surface area contributed by atoms with E-state index in [1.807, 2.05) is 13.8 Å². The van der Waals surface area contributed by atoms with E-state index in [9.17, 15) is 4.39 Å². The molecule has 0 saturated heterocycles. The van der Waals surface area contributed by atoms with Crippen LogP contribution < -0.4 is 11.3 Å². The van der Waals surface area contributed by atoms with Crippen LogP contribution in [0.2, 0.25) is 5.02 Å². The summed E-state index contributed by atoms with van der Waals surface area (Å²) < 4.78 is 19.3. The van der Waals surface area contributed by atoms with Crippen molar-refractivity contribution in [2.75, 3.05) is 7.11 Å². The third-order valence-corrected chi connectivity index (χ3v) is 3.85. The molecule has 0 aromatic heterocycles. The van der Waals surface area contributed by atoms with E-state index < -0.39 is 11.4 Å². The van der Waals surface area contributed by atoms with Crippen LogP contribution >= 0.6 is 11.6 Å². The van der Waals surface area contributed by atoms with Gasteiger partial charge in [0.1, 0.15) is 5.82 Å². The molecule has 102 valence electrons. The molecule has 2 unspecified atom stereocenters. The molecule has 0 saturated carbocycles. The van der Waals surface area contributed by atoms with Crippen LogP contribution in [0.4, 0.5) is 4.39 Å². The number of methoxy groups -OCH3 is 1. The lowest BCUT2D eigenvalue weighted by atomic mass is 9.88. The summed E-state index contributed by atoms with van der Waals surface area (Å²) in [5, 5.41) is 0.124. The first-order valence-electron chi connectivity index (χ1n) is 5.92. The van der Waals surface area contributed by atoms with Gasteiger partial charge in [-0.05, 0) is 31.4 Å². The van der Waals surface area contributed by atoms with E-state index in [-0.39, 0.29) is 11.1 Å². The van der Waals surface area contributed by atoms with Crippen LogP contribution in [0.25, 0.3) is 0 Å². The maximum Gasteiger partial charge on any atom is 0.145 e. The zero-order chi connectivity index (χ0) is 13.8. The Morgan fingerprint density at radius 3 is 2.72 bits per heavy atom. The number of hydrogen-bond donors (Lipinski definition) is 2. The lowest BCUT2D eigenvalue weighted by Crippen LogP contribution is -2.53. The highest BCUT2D eigenvalue weighted by atomic mass is 35.5. The van der Waals surface area contributed by atoms with Crippen molar-refractivity contribution in [1.29, 1.82) is 0 Å². The van der Waals surface area contributed by atoms with Gasteiger partial charge < -0.3 is 4.74 Å². The molecule has 3 nitrogen and oxygen atoms in total. The fraction of sp³-hybridized carbons (Fsp3) is 0.538. The summed E-state index contributed by atoms with van der Waals surface area (Å²) in [7, 11) is 1.63. The minimum absolute atomic E-state index is 0.124. The lowest BCUT2D eigenvalue weighted by Gasteiger charge is -2.35. The van der Waals surface area contributed by atoms with Gasteiger partial charge in [-0.15, -0.1) is 0 Å². The first-order valence-corrected chi connectivity index (χ1v) is 6.30. The average Bonchev–Trinajstić information content (AvgIpc) is 2.39. The summed E-state index contributed by atoms with van der Waals surface area (Å²) in [5.41, 5.74) is 2.78. The molecule has 1 rings (SSSR count). The molecule has 5 heteroatoms. The second-order valence-corrected chi connectivity index (χ2v) is 4.91. The number of ether oxygens (including phenoxy) is 1. The molecule has 0 radical (unpaired) electrons. The Kier molecular flexibility index (Phi) is 5.53. The van der Waals surface area contributed by atoms with Crippen molar-refractivity contribution in [2.45, 2.75) is 38.3 Å². The summed E-state index contributed by atoms with van der Waals surface area (Å²) in [6.07, 6.45) is 1.18. The van der Waals surface area contributed by atoms with Crippen molar-refractivity contribution in [3.05, 3.63) is 34.6 Å². The number of halogens is 2. The van der Waals surface area contributed by atoms with Gasteiger partial charge in [-0.3, -0.25) is 11.3 Å². The fourth-order valence-corrected chi connectivity index (χ4v) is 2.10. The molecule has 18 heavy (non-hydrogen) atoms. The number of benzene rings is 1. The highest BCUT2D eigenvalue weighted by Gasteiger charge is 2.32. The van der Waals surface area contributed by atoms with E-state index in [0.717, 1.165) is 6.42 Å². The number of hydrogen-bond acceptors (Lipinski definition) is 3. The monoisotopic (exact) mass is 274 g/mol. The van der Waals surface area contributed by atoms with Gasteiger partial charge in [0.2, 0.25) is 0 Å². The number of rotatable bonds is 6. The van der Waals surface area contributed by atoms with Crippen molar-refractivity contribution >= 4 is 11.6 Å². The lowest BCUT2D eigenvalue weighted by molar-refractivity contribution is -0.0289. The summed E-state index contributed by atoms with van der Waals surface area (Å²) in [6, 6.07) is 4.77. The third kappa shape index (κ3) is 3.20. The zero-order valence-electron chi connectivity index (χ0n) is 11.0. The number of hydrazine groups is 1. The maximum absolute atomic E-state index is 13.9. The summed E-state index contributed by atoms with van der Waals surface area (Å²) in [6.45, 7) is 3.95. The minimum Gasteiger partial charge on any atom is -0.377 e. The SMILES string of the molecule is CCC(C)(OC)C(Cc1cccc(Cl)c1F)NN. The van der Waals surface area contributed by atoms with Gasteiger partial charge in [-0.25, -0.2) is 4.39 Å². The molecule has 0 bridgehead atoms. The van der Waals surface area contributed by atoms with Crippen LogP contribution in [0.5, 0.6) is 0 Å². The predicted octanol–water partition coefficient (Wildman–Crippen LogP) is 2.67. The summed E-state index contributed by atoms with van der Waals surface area (Å²) >= 11 is 5.76. The highest BCUT2D eigenvalue weighted by molar-refractivity contribution is 6.30. The van der Waals surface area contributed by atoms with Gasteiger partial charge in [0.05, 0.1) is 16.7 Å². The van der Waals surface area contributed by atoms with Crippen molar-refractivity contribution in [2.24, 2.45) is 5.84 Å². The molecular formula is C13H20ClFN2O. The quantitative estimate of drug-likeness (QED) is 0.619. The summed E-state index contributed by atoms with van der Waals surface area (Å²) in [5.74, 6) is 5.17. The van der Waals surface area contributed by atoms with Crippen molar-refractivity contribution < 1.29 is 9.13 Å². The Bertz CT molecular complexity index is 397. The first-order chi connectivity index (χ1) is 8.48. The van der Waals surface area contributed by atoms with Crippen LogP contribution in [0, 0.1) is 5.82 Å². The Hall–Kier alpha value is -0.680. The second-order valence-electron chi connectivity index (χ2n) is 4.51. The fourth-order valence-electron chi connectivity index (χ4n) is 1.91. The minimum atomic E-state index is -0.455. The van der Waals surface area contributed by atoms with Gasteiger partial charge in [0.15, 0.2) is 0 Å². The molecule has 0 amide bonds. The molecule has 3 N–H and O–H groups in total. The molecule has 0 aliphatic heterocycles. The Morgan fingerprint density at radius 1 is 1.56 bits per heavy atom. The van der Waals surface area contributed by atoms with Gasteiger partial charge in [-0.2, -0.15) is 0 Å². The Morgan fingerprint density at radius 2 is 2.22 bits per heavy atom. The van der Waals surface area contributed by atoms with Gasteiger partial charge in [0, 0.05) is 7.11 Å². The molecule has 0 aliphatic carbocycles. The first kappa shape index (κ1) is 15.4. The second kappa shape index (κ2) is 6.48. The molecule has 2 atom stereocenters. The Balaban J connectivity index is 2.96. The summed E-state index contributed by atoms with van der Waals surface area (Å²) in [4.78, 5) is 0.